The number of benzene rings is 1. The molecular weight excluding hydrogens is 466 g/mol. The van der Waals surface area contributed by atoms with Crippen molar-refractivity contribution in [2.45, 2.75) is 52.5 Å². The van der Waals surface area contributed by atoms with Crippen LogP contribution in [-0.4, -0.2) is 42.4 Å². The highest BCUT2D eigenvalue weighted by Gasteiger charge is 2.69. The first-order valence-electron chi connectivity index (χ1n) is 12.2. The minimum atomic E-state index is -0.293. The Balaban J connectivity index is 1.41. The van der Waals surface area contributed by atoms with Gasteiger partial charge in [0.15, 0.2) is 0 Å². The molecule has 4 rings (SSSR count). The van der Waals surface area contributed by atoms with Gasteiger partial charge in [-0.2, -0.15) is 0 Å². The predicted octanol–water partition coefficient (Wildman–Crippen LogP) is 4.84. The van der Waals surface area contributed by atoms with E-state index in [1.54, 1.807) is 0 Å². The molecule has 32 heavy (non-hydrogen) atoms. The van der Waals surface area contributed by atoms with Gasteiger partial charge < -0.3 is 15.5 Å². The molecule has 1 aromatic rings. The summed E-state index contributed by atoms with van der Waals surface area (Å²) in [6, 6.07) is 7.74. The summed E-state index contributed by atoms with van der Waals surface area (Å²) in [5.74, 6) is -0.163. The summed E-state index contributed by atoms with van der Waals surface area (Å²) in [5, 5.41) is 6.34. The van der Waals surface area contributed by atoms with Crippen LogP contribution in [0.4, 0.5) is 5.69 Å². The van der Waals surface area contributed by atoms with E-state index in [0.717, 1.165) is 55.5 Å². The van der Waals surface area contributed by atoms with Crippen molar-refractivity contribution in [1.29, 1.82) is 0 Å². The van der Waals surface area contributed by atoms with Crippen molar-refractivity contribution in [3.8, 4) is 0 Å². The molecule has 5 atom stereocenters. The van der Waals surface area contributed by atoms with Crippen molar-refractivity contribution in [2.24, 2.45) is 29.1 Å². The Morgan fingerprint density at radius 2 is 1.66 bits per heavy atom. The molecule has 0 aromatic heterocycles. The molecule has 2 saturated carbocycles. The van der Waals surface area contributed by atoms with Crippen LogP contribution in [0.5, 0.6) is 0 Å². The highest BCUT2D eigenvalue weighted by molar-refractivity contribution is 9.10. The minimum absolute atomic E-state index is 0.0233. The molecule has 2 N–H and O–H groups in total. The molecule has 1 spiro atoms. The monoisotopic (exact) mass is 501 g/mol. The first kappa shape index (κ1) is 23.5. The highest BCUT2D eigenvalue weighted by atomic mass is 79.9. The normalized spacial score (nSPS) is 27.7. The largest absolute Gasteiger partial charge is 0.353 e. The zero-order chi connectivity index (χ0) is 22.9. The summed E-state index contributed by atoms with van der Waals surface area (Å²) >= 11 is 3.44. The number of hydrogen-bond donors (Lipinski definition) is 2. The molecule has 1 unspecified atom stereocenters. The second-order valence-electron chi connectivity index (χ2n) is 9.80. The van der Waals surface area contributed by atoms with Crippen LogP contribution in [0.2, 0.25) is 0 Å². The molecule has 0 saturated heterocycles. The Morgan fingerprint density at radius 3 is 2.22 bits per heavy atom. The molecule has 3 aliphatic rings. The minimum Gasteiger partial charge on any atom is -0.353 e. The second kappa shape index (κ2) is 9.68. The van der Waals surface area contributed by atoms with E-state index in [9.17, 15) is 9.59 Å². The van der Waals surface area contributed by atoms with E-state index in [4.69, 9.17) is 0 Å². The van der Waals surface area contributed by atoms with Crippen LogP contribution in [0, 0.1) is 29.1 Å². The lowest BCUT2D eigenvalue weighted by Crippen LogP contribution is -2.45. The summed E-state index contributed by atoms with van der Waals surface area (Å²) < 4.78 is 0.975. The molecule has 0 radical (unpaired) electrons. The van der Waals surface area contributed by atoms with E-state index in [1.807, 2.05) is 24.3 Å². The van der Waals surface area contributed by atoms with Gasteiger partial charge in [0.05, 0.1) is 11.8 Å². The zero-order valence-electron chi connectivity index (χ0n) is 19.4. The maximum absolute atomic E-state index is 13.4. The third kappa shape index (κ3) is 4.54. The summed E-state index contributed by atoms with van der Waals surface area (Å²) in [6.07, 6.45) is 8.70. The number of nitrogens with zero attached hydrogens (tertiary/aromatic N) is 1. The lowest BCUT2D eigenvalue weighted by atomic mass is 9.81. The maximum atomic E-state index is 13.4. The van der Waals surface area contributed by atoms with Gasteiger partial charge >= 0.3 is 0 Å². The second-order valence-corrected chi connectivity index (χ2v) is 10.7. The number of anilines is 1. The summed E-state index contributed by atoms with van der Waals surface area (Å²) in [5.41, 5.74) is 0.925. The van der Waals surface area contributed by atoms with Crippen LogP contribution in [-0.2, 0) is 9.59 Å². The van der Waals surface area contributed by atoms with Gasteiger partial charge in [0.2, 0.25) is 11.8 Å². The predicted molar refractivity (Wildman–Crippen MR) is 132 cm³/mol. The van der Waals surface area contributed by atoms with Gasteiger partial charge in [-0.05, 0) is 93.8 Å². The Hall–Kier alpha value is -1.66. The molecule has 0 heterocycles. The fraction of sp³-hybridized carbons (Fsp3) is 0.615. The molecular formula is C26H36BrN3O2. The standard InChI is InChI=1S/C26H36BrN3O2/c1-4-30(5-2)16-6-7-17(3)28-24(31)22-20-12-13-21(26(20)14-15-26)23(22)25(32)29-19-10-8-18(27)9-11-19/h8-13,17,20-23H,4-7,14-16H2,1-3H3,(H,28,31)(H,29,32)/t17?,20-,21-,22-,23-/m1/s1. The van der Waals surface area contributed by atoms with Gasteiger partial charge in [-0.1, -0.05) is 41.9 Å². The maximum Gasteiger partial charge on any atom is 0.228 e. The van der Waals surface area contributed by atoms with Gasteiger partial charge in [0.1, 0.15) is 0 Å². The molecule has 2 fully saturated rings. The van der Waals surface area contributed by atoms with Gasteiger partial charge in [0, 0.05) is 16.2 Å². The third-order valence-corrected chi connectivity index (χ3v) is 8.48. The van der Waals surface area contributed by atoms with Gasteiger partial charge in [0.25, 0.3) is 0 Å². The number of rotatable bonds is 10. The summed E-state index contributed by atoms with van der Waals surface area (Å²) in [7, 11) is 0. The number of amides is 2. The van der Waals surface area contributed by atoms with Crippen molar-refractivity contribution in [1.82, 2.24) is 10.2 Å². The molecule has 3 aliphatic carbocycles. The Kier molecular flexibility index (Phi) is 7.11. The van der Waals surface area contributed by atoms with E-state index < -0.39 is 0 Å². The Morgan fingerprint density at radius 1 is 1.06 bits per heavy atom. The average Bonchev–Trinajstić information content (AvgIpc) is 3.44. The Bertz CT molecular complexity index is 860. The number of carbonyl (C=O) groups is 2. The first-order valence-corrected chi connectivity index (χ1v) is 13.0. The number of carbonyl (C=O) groups excluding carboxylic acids is 2. The van der Waals surface area contributed by atoms with E-state index in [0.29, 0.717) is 0 Å². The molecule has 2 bridgehead atoms. The first-order chi connectivity index (χ1) is 15.4. The van der Waals surface area contributed by atoms with Crippen LogP contribution in [0.3, 0.4) is 0 Å². The van der Waals surface area contributed by atoms with E-state index in [1.165, 1.54) is 0 Å². The zero-order valence-corrected chi connectivity index (χ0v) is 21.0. The lowest BCUT2D eigenvalue weighted by Gasteiger charge is -2.28. The smallest absolute Gasteiger partial charge is 0.228 e. The van der Waals surface area contributed by atoms with Crippen molar-refractivity contribution >= 4 is 33.4 Å². The van der Waals surface area contributed by atoms with Crippen molar-refractivity contribution in [3.63, 3.8) is 0 Å². The summed E-state index contributed by atoms with van der Waals surface area (Å²) in [6.45, 7) is 9.64. The van der Waals surface area contributed by atoms with Gasteiger partial charge in [-0.3, -0.25) is 9.59 Å². The fourth-order valence-corrected chi connectivity index (χ4v) is 6.30. The van der Waals surface area contributed by atoms with Crippen LogP contribution in [0.1, 0.15) is 46.5 Å². The molecule has 6 heteroatoms. The fourth-order valence-electron chi connectivity index (χ4n) is 6.04. The number of halogens is 1. The number of allylic oxidation sites excluding steroid dienone is 2. The SMILES string of the molecule is CCN(CC)CCCC(C)NC(=O)[C@H]1[C@H](C(=O)Nc2ccc(Br)cc2)[C@H]2C=C[C@H]1C21CC1. The highest BCUT2D eigenvalue weighted by Crippen LogP contribution is 2.72. The molecule has 1 aromatic carbocycles. The average molecular weight is 502 g/mol. The molecule has 5 nitrogen and oxygen atoms in total. The summed E-state index contributed by atoms with van der Waals surface area (Å²) in [4.78, 5) is 29.2. The van der Waals surface area contributed by atoms with E-state index in [2.05, 4.69) is 64.4 Å². The third-order valence-electron chi connectivity index (χ3n) is 7.95. The van der Waals surface area contributed by atoms with E-state index >= 15 is 0 Å². The van der Waals surface area contributed by atoms with Crippen LogP contribution in [0.25, 0.3) is 0 Å². The quantitative estimate of drug-likeness (QED) is 0.450. The molecule has 2 amide bonds. The van der Waals surface area contributed by atoms with Crippen LogP contribution >= 0.6 is 15.9 Å². The van der Waals surface area contributed by atoms with Crippen molar-refractivity contribution in [3.05, 3.63) is 40.9 Å². The van der Waals surface area contributed by atoms with Crippen molar-refractivity contribution in [2.75, 3.05) is 25.0 Å². The Labute approximate surface area is 200 Å². The number of nitrogens with one attached hydrogen (secondary N) is 2. The van der Waals surface area contributed by atoms with Crippen molar-refractivity contribution < 1.29 is 9.59 Å². The van der Waals surface area contributed by atoms with E-state index in [-0.39, 0.29) is 46.9 Å². The van der Waals surface area contributed by atoms with Crippen LogP contribution < -0.4 is 10.6 Å². The van der Waals surface area contributed by atoms with Gasteiger partial charge in [-0.25, -0.2) is 0 Å². The molecule has 174 valence electrons. The topological polar surface area (TPSA) is 61.4 Å². The lowest BCUT2D eigenvalue weighted by molar-refractivity contribution is -0.133. The van der Waals surface area contributed by atoms with Crippen LogP contribution in [0.15, 0.2) is 40.9 Å². The molecule has 0 aliphatic heterocycles. The van der Waals surface area contributed by atoms with Gasteiger partial charge in [-0.15, -0.1) is 0 Å². The number of hydrogen-bond acceptors (Lipinski definition) is 3.